The van der Waals surface area contributed by atoms with E-state index >= 15 is 0 Å². The molecule has 2 aromatic heterocycles. The van der Waals surface area contributed by atoms with Gasteiger partial charge in [-0.25, -0.2) is 17.7 Å². The Morgan fingerprint density at radius 1 is 1.20 bits per heavy atom. The van der Waals surface area contributed by atoms with Crippen molar-refractivity contribution >= 4 is 37.3 Å². The molecule has 1 aliphatic carbocycles. The molecule has 3 heterocycles. The highest BCUT2D eigenvalue weighted by Crippen LogP contribution is 2.36. The van der Waals surface area contributed by atoms with Gasteiger partial charge in [-0.2, -0.15) is 5.10 Å². The minimum atomic E-state index is -3.56. The molecule has 25 heavy (non-hydrogen) atoms. The maximum Gasteiger partial charge on any atom is 0.241 e. The number of hydrogen-bond acceptors (Lipinski definition) is 5. The molecule has 2 fully saturated rings. The molecule has 136 valence electrons. The second-order valence-corrected chi connectivity index (χ2v) is 9.83. The van der Waals surface area contributed by atoms with E-state index in [0.717, 1.165) is 54.8 Å². The first kappa shape index (κ1) is 17.3. The van der Waals surface area contributed by atoms with Gasteiger partial charge >= 0.3 is 0 Å². The molecule has 0 aromatic carbocycles. The van der Waals surface area contributed by atoms with Crippen LogP contribution in [0.2, 0.25) is 0 Å². The summed E-state index contributed by atoms with van der Waals surface area (Å²) in [6, 6.07) is 3.43. The number of fused-ring (bicyclic) bond motifs is 1. The van der Waals surface area contributed by atoms with E-state index in [-0.39, 0.29) is 5.54 Å². The van der Waals surface area contributed by atoms with E-state index in [1.165, 1.54) is 0 Å². The second kappa shape index (κ2) is 5.94. The third kappa shape index (κ3) is 3.30. The minimum Gasteiger partial charge on any atom is -0.354 e. The molecular weight excluding hydrogens is 406 g/mol. The SMILES string of the molecule is CN1CCN(c2cc(S(=O)(=O)NC3(C)CC3)cc3c(Br)cnn23)CC1. The lowest BCUT2D eigenvalue weighted by Gasteiger charge is -2.34. The molecule has 1 aliphatic heterocycles. The molecule has 0 amide bonds. The van der Waals surface area contributed by atoms with Crippen molar-refractivity contribution < 1.29 is 8.42 Å². The van der Waals surface area contributed by atoms with Crippen molar-refractivity contribution in [2.45, 2.75) is 30.2 Å². The van der Waals surface area contributed by atoms with Gasteiger partial charge in [-0.05, 0) is 48.8 Å². The number of sulfonamides is 1. The summed E-state index contributed by atoms with van der Waals surface area (Å²) in [5.41, 5.74) is 0.467. The lowest BCUT2D eigenvalue weighted by atomic mass is 10.3. The second-order valence-electron chi connectivity index (χ2n) is 7.30. The Labute approximate surface area is 156 Å². The number of rotatable bonds is 4. The molecule has 9 heteroatoms. The Kier molecular flexibility index (Phi) is 4.10. The number of likely N-dealkylation sites (N-methyl/N-ethyl adjacent to an activating group) is 1. The van der Waals surface area contributed by atoms with E-state index in [4.69, 9.17) is 0 Å². The molecule has 4 rings (SSSR count). The van der Waals surface area contributed by atoms with E-state index in [2.05, 4.69) is 42.6 Å². The Balaban J connectivity index is 1.79. The summed E-state index contributed by atoms with van der Waals surface area (Å²) < 4.78 is 31.2. The largest absolute Gasteiger partial charge is 0.354 e. The van der Waals surface area contributed by atoms with Gasteiger partial charge in [-0.15, -0.1) is 0 Å². The fourth-order valence-corrected chi connectivity index (χ4v) is 4.98. The summed E-state index contributed by atoms with van der Waals surface area (Å²) in [6.07, 6.45) is 3.48. The summed E-state index contributed by atoms with van der Waals surface area (Å²) in [6.45, 7) is 5.52. The van der Waals surface area contributed by atoms with Gasteiger partial charge in [0.25, 0.3) is 0 Å². The molecule has 0 atom stereocenters. The molecule has 1 saturated carbocycles. The summed E-state index contributed by atoms with van der Waals surface area (Å²) in [5, 5.41) is 4.42. The van der Waals surface area contributed by atoms with Gasteiger partial charge in [-0.1, -0.05) is 0 Å². The number of aromatic nitrogens is 2. The van der Waals surface area contributed by atoms with Gasteiger partial charge in [0.15, 0.2) is 0 Å². The fraction of sp³-hybridized carbons (Fsp3) is 0.562. The zero-order valence-electron chi connectivity index (χ0n) is 14.4. The smallest absolute Gasteiger partial charge is 0.241 e. The highest BCUT2D eigenvalue weighted by atomic mass is 79.9. The van der Waals surface area contributed by atoms with E-state index in [0.29, 0.717) is 4.90 Å². The van der Waals surface area contributed by atoms with Gasteiger partial charge in [0, 0.05) is 37.8 Å². The monoisotopic (exact) mass is 427 g/mol. The van der Waals surface area contributed by atoms with Gasteiger partial charge in [0.05, 0.1) is 21.1 Å². The standard InChI is InChI=1S/C16H22BrN5O2S/c1-16(3-4-16)19-25(23,24)12-9-14-13(17)11-18-22(14)15(10-12)21-7-5-20(2)6-8-21/h9-11,19H,3-8H2,1-2H3. The molecule has 2 aliphatic rings. The third-order valence-electron chi connectivity index (χ3n) is 5.05. The van der Waals surface area contributed by atoms with Crippen molar-refractivity contribution in [2.24, 2.45) is 0 Å². The van der Waals surface area contributed by atoms with Crippen LogP contribution in [0.15, 0.2) is 27.7 Å². The summed E-state index contributed by atoms with van der Waals surface area (Å²) in [7, 11) is -1.47. The maximum atomic E-state index is 12.9. The van der Waals surface area contributed by atoms with Crippen LogP contribution in [-0.4, -0.2) is 61.7 Å². The first-order valence-corrected chi connectivity index (χ1v) is 10.7. The third-order valence-corrected chi connectivity index (χ3v) is 7.27. The first-order valence-electron chi connectivity index (χ1n) is 8.42. The van der Waals surface area contributed by atoms with Crippen LogP contribution in [-0.2, 0) is 10.0 Å². The highest BCUT2D eigenvalue weighted by Gasteiger charge is 2.41. The molecule has 0 spiro atoms. The van der Waals surface area contributed by atoms with Crippen molar-refractivity contribution in [3.05, 3.63) is 22.8 Å². The molecule has 1 N–H and O–H groups in total. The van der Waals surface area contributed by atoms with E-state index in [9.17, 15) is 8.42 Å². The number of piperazine rings is 1. The average molecular weight is 428 g/mol. The van der Waals surface area contributed by atoms with Crippen molar-refractivity contribution in [1.82, 2.24) is 19.2 Å². The normalized spacial score (nSPS) is 21.0. The summed E-state index contributed by atoms with van der Waals surface area (Å²) in [4.78, 5) is 4.76. The van der Waals surface area contributed by atoms with E-state index in [1.807, 2.05) is 11.4 Å². The molecule has 1 saturated heterocycles. The van der Waals surface area contributed by atoms with Gasteiger partial charge < -0.3 is 9.80 Å². The van der Waals surface area contributed by atoms with Crippen molar-refractivity contribution in [3.63, 3.8) is 0 Å². The number of halogens is 1. The lowest BCUT2D eigenvalue weighted by Crippen LogP contribution is -2.45. The zero-order chi connectivity index (χ0) is 17.8. The summed E-state index contributed by atoms with van der Waals surface area (Å²) in [5.74, 6) is 0.817. The molecule has 2 aromatic rings. The number of anilines is 1. The van der Waals surface area contributed by atoms with E-state index in [1.54, 1.807) is 18.3 Å². The van der Waals surface area contributed by atoms with Crippen LogP contribution >= 0.6 is 15.9 Å². The molecule has 0 radical (unpaired) electrons. The average Bonchev–Trinajstić information content (AvgIpc) is 3.15. The Morgan fingerprint density at radius 3 is 2.52 bits per heavy atom. The van der Waals surface area contributed by atoms with Crippen molar-refractivity contribution in [1.29, 1.82) is 0 Å². The first-order chi connectivity index (χ1) is 11.8. The Bertz CT molecular complexity index is 914. The lowest BCUT2D eigenvalue weighted by molar-refractivity contribution is 0.311. The Morgan fingerprint density at radius 2 is 1.88 bits per heavy atom. The maximum absolute atomic E-state index is 12.9. The Hall–Kier alpha value is -1.16. The van der Waals surface area contributed by atoms with Crippen LogP contribution < -0.4 is 9.62 Å². The molecule has 0 bridgehead atoms. The molecule has 0 unspecified atom stereocenters. The predicted molar refractivity (Wildman–Crippen MR) is 101 cm³/mol. The van der Waals surface area contributed by atoms with Crippen LogP contribution in [0, 0.1) is 0 Å². The van der Waals surface area contributed by atoms with Crippen molar-refractivity contribution in [2.75, 3.05) is 38.1 Å². The predicted octanol–water partition coefficient (Wildman–Crippen LogP) is 1.68. The van der Waals surface area contributed by atoms with Gasteiger partial charge in [-0.3, -0.25) is 0 Å². The fourth-order valence-electron chi connectivity index (χ4n) is 3.10. The minimum absolute atomic E-state index is 0.295. The number of pyridine rings is 1. The molecule has 7 nitrogen and oxygen atoms in total. The summed E-state index contributed by atoms with van der Waals surface area (Å²) >= 11 is 3.48. The van der Waals surface area contributed by atoms with E-state index < -0.39 is 10.0 Å². The van der Waals surface area contributed by atoms with Crippen LogP contribution in [0.3, 0.4) is 0 Å². The van der Waals surface area contributed by atoms with Crippen LogP contribution in [0.5, 0.6) is 0 Å². The quantitative estimate of drug-likeness (QED) is 0.803. The van der Waals surface area contributed by atoms with Gasteiger partial charge in [0.1, 0.15) is 5.82 Å². The van der Waals surface area contributed by atoms with Crippen LogP contribution in [0.1, 0.15) is 19.8 Å². The zero-order valence-corrected chi connectivity index (χ0v) is 16.8. The number of hydrogen-bond donors (Lipinski definition) is 1. The topological polar surface area (TPSA) is 70.0 Å². The van der Waals surface area contributed by atoms with Gasteiger partial charge in [0.2, 0.25) is 10.0 Å². The van der Waals surface area contributed by atoms with Crippen LogP contribution in [0.4, 0.5) is 5.82 Å². The number of nitrogens with one attached hydrogen (secondary N) is 1. The van der Waals surface area contributed by atoms with Crippen molar-refractivity contribution in [3.8, 4) is 0 Å². The van der Waals surface area contributed by atoms with Crippen LogP contribution in [0.25, 0.3) is 5.52 Å². The molecular formula is C16H22BrN5O2S. The highest BCUT2D eigenvalue weighted by molar-refractivity contribution is 9.10. The number of nitrogens with zero attached hydrogens (tertiary/aromatic N) is 4.